The zero-order chi connectivity index (χ0) is 10.0. The number of nitrogens with zero attached hydrogens (tertiary/aromatic N) is 2. The first-order valence-electron chi connectivity index (χ1n) is 3.95. The SMILES string of the molecule is Cc1cccc([N+](=O)[O-])c1N(C)C. The quantitative estimate of drug-likeness (QED) is 0.516. The Labute approximate surface area is 76.9 Å². The largest absolute Gasteiger partial charge is 0.372 e. The van der Waals surface area contributed by atoms with Gasteiger partial charge in [-0.05, 0) is 12.5 Å². The number of para-hydroxylation sites is 1. The molecule has 1 aromatic rings. The van der Waals surface area contributed by atoms with Crippen LogP contribution in [0.3, 0.4) is 0 Å². The standard InChI is InChI=1S/C9H12N2O2/c1-7-5-4-6-8(11(12)13)9(7)10(2)3/h4-6H,1-3H3. The molecule has 0 fully saturated rings. The van der Waals surface area contributed by atoms with Gasteiger partial charge in [-0.2, -0.15) is 0 Å². The predicted octanol–water partition coefficient (Wildman–Crippen LogP) is 1.97. The van der Waals surface area contributed by atoms with E-state index in [1.54, 1.807) is 25.1 Å². The van der Waals surface area contributed by atoms with Crippen molar-refractivity contribution in [3.05, 3.63) is 33.9 Å². The summed E-state index contributed by atoms with van der Waals surface area (Å²) in [4.78, 5) is 12.1. The molecule has 0 aliphatic carbocycles. The molecule has 0 aliphatic heterocycles. The highest BCUT2D eigenvalue weighted by Gasteiger charge is 2.16. The third kappa shape index (κ3) is 1.77. The third-order valence-electron chi connectivity index (χ3n) is 1.86. The van der Waals surface area contributed by atoms with Crippen LogP contribution in [0.25, 0.3) is 0 Å². The molecule has 0 atom stereocenters. The fourth-order valence-electron chi connectivity index (χ4n) is 1.37. The second-order valence-corrected chi connectivity index (χ2v) is 3.09. The molecule has 0 aliphatic rings. The Balaban J connectivity index is 3.34. The molecule has 0 N–H and O–H groups in total. The van der Waals surface area contributed by atoms with Gasteiger partial charge in [0.25, 0.3) is 5.69 Å². The van der Waals surface area contributed by atoms with Crippen molar-refractivity contribution >= 4 is 11.4 Å². The minimum absolute atomic E-state index is 0.157. The number of hydrogen-bond acceptors (Lipinski definition) is 3. The van der Waals surface area contributed by atoms with Gasteiger partial charge in [0.05, 0.1) is 4.92 Å². The van der Waals surface area contributed by atoms with Crippen LogP contribution >= 0.6 is 0 Å². The monoisotopic (exact) mass is 180 g/mol. The van der Waals surface area contributed by atoms with Gasteiger partial charge in [0.15, 0.2) is 0 Å². The van der Waals surface area contributed by atoms with Crippen molar-refractivity contribution in [3.8, 4) is 0 Å². The zero-order valence-electron chi connectivity index (χ0n) is 7.94. The summed E-state index contributed by atoms with van der Waals surface area (Å²) < 4.78 is 0. The van der Waals surface area contributed by atoms with Gasteiger partial charge < -0.3 is 4.90 Å². The Morgan fingerprint density at radius 2 is 2.00 bits per heavy atom. The normalized spacial score (nSPS) is 9.77. The highest BCUT2D eigenvalue weighted by atomic mass is 16.6. The maximum atomic E-state index is 10.7. The molecule has 13 heavy (non-hydrogen) atoms. The smallest absolute Gasteiger partial charge is 0.292 e. The molecule has 0 aromatic heterocycles. The molecule has 0 amide bonds. The zero-order valence-corrected chi connectivity index (χ0v) is 7.94. The number of anilines is 1. The van der Waals surface area contributed by atoms with Gasteiger partial charge >= 0.3 is 0 Å². The van der Waals surface area contributed by atoms with E-state index < -0.39 is 0 Å². The fraction of sp³-hybridized carbons (Fsp3) is 0.333. The Kier molecular flexibility index (Phi) is 2.51. The van der Waals surface area contributed by atoms with Crippen molar-refractivity contribution in [1.82, 2.24) is 0 Å². The maximum Gasteiger partial charge on any atom is 0.292 e. The Bertz CT molecular complexity index is 334. The number of rotatable bonds is 2. The van der Waals surface area contributed by atoms with Gasteiger partial charge in [-0.3, -0.25) is 10.1 Å². The summed E-state index contributed by atoms with van der Waals surface area (Å²) in [6.07, 6.45) is 0. The lowest BCUT2D eigenvalue weighted by atomic mass is 10.1. The predicted molar refractivity (Wildman–Crippen MR) is 52.2 cm³/mol. The van der Waals surface area contributed by atoms with E-state index in [4.69, 9.17) is 0 Å². The first kappa shape index (κ1) is 9.51. The summed E-state index contributed by atoms with van der Waals surface area (Å²) in [5.41, 5.74) is 1.75. The number of nitro groups is 1. The molecule has 1 rings (SSSR count). The third-order valence-corrected chi connectivity index (χ3v) is 1.86. The van der Waals surface area contributed by atoms with E-state index in [0.717, 1.165) is 5.56 Å². The van der Waals surface area contributed by atoms with Crippen LogP contribution in [0.2, 0.25) is 0 Å². The Morgan fingerprint density at radius 1 is 1.38 bits per heavy atom. The molecule has 0 radical (unpaired) electrons. The minimum Gasteiger partial charge on any atom is -0.372 e. The average molecular weight is 180 g/mol. The number of nitro benzene ring substituents is 1. The van der Waals surface area contributed by atoms with E-state index in [-0.39, 0.29) is 10.6 Å². The molecule has 0 saturated carbocycles. The van der Waals surface area contributed by atoms with Crippen molar-refractivity contribution in [2.45, 2.75) is 6.92 Å². The van der Waals surface area contributed by atoms with Crippen molar-refractivity contribution < 1.29 is 4.92 Å². The van der Waals surface area contributed by atoms with Gasteiger partial charge in [0, 0.05) is 20.2 Å². The highest BCUT2D eigenvalue weighted by Crippen LogP contribution is 2.29. The lowest BCUT2D eigenvalue weighted by molar-refractivity contribution is -0.384. The van der Waals surface area contributed by atoms with Crippen LogP contribution in [0.4, 0.5) is 11.4 Å². The summed E-state index contributed by atoms with van der Waals surface area (Å²) in [5.74, 6) is 0. The topological polar surface area (TPSA) is 46.4 Å². The number of aryl methyl sites for hydroxylation is 1. The maximum absolute atomic E-state index is 10.7. The van der Waals surface area contributed by atoms with E-state index in [1.165, 1.54) is 6.07 Å². The minimum atomic E-state index is -0.359. The first-order valence-corrected chi connectivity index (χ1v) is 3.95. The van der Waals surface area contributed by atoms with Crippen molar-refractivity contribution in [2.75, 3.05) is 19.0 Å². The van der Waals surface area contributed by atoms with Crippen molar-refractivity contribution in [3.63, 3.8) is 0 Å². The molecule has 1 aromatic carbocycles. The molecule has 0 unspecified atom stereocenters. The van der Waals surface area contributed by atoms with Gasteiger partial charge in [-0.1, -0.05) is 12.1 Å². The van der Waals surface area contributed by atoms with Crippen LogP contribution in [0.15, 0.2) is 18.2 Å². The molecular formula is C9H12N2O2. The number of hydrogen-bond donors (Lipinski definition) is 0. The van der Waals surface area contributed by atoms with E-state index in [1.807, 2.05) is 13.0 Å². The lowest BCUT2D eigenvalue weighted by Gasteiger charge is -2.14. The lowest BCUT2D eigenvalue weighted by Crippen LogP contribution is -2.12. The van der Waals surface area contributed by atoms with E-state index in [9.17, 15) is 10.1 Å². The van der Waals surface area contributed by atoms with Gasteiger partial charge in [-0.25, -0.2) is 0 Å². The second kappa shape index (κ2) is 3.43. The summed E-state index contributed by atoms with van der Waals surface area (Å²) in [5, 5.41) is 10.7. The molecule has 4 heteroatoms. The van der Waals surface area contributed by atoms with E-state index in [2.05, 4.69) is 0 Å². The fourth-order valence-corrected chi connectivity index (χ4v) is 1.37. The van der Waals surface area contributed by atoms with Crippen LogP contribution in [-0.4, -0.2) is 19.0 Å². The van der Waals surface area contributed by atoms with Crippen LogP contribution in [0.5, 0.6) is 0 Å². The van der Waals surface area contributed by atoms with Gasteiger partial charge in [0.1, 0.15) is 5.69 Å². The molecule has 0 bridgehead atoms. The van der Waals surface area contributed by atoms with E-state index >= 15 is 0 Å². The van der Waals surface area contributed by atoms with E-state index in [0.29, 0.717) is 5.69 Å². The van der Waals surface area contributed by atoms with Crippen LogP contribution in [-0.2, 0) is 0 Å². The van der Waals surface area contributed by atoms with Gasteiger partial charge in [0.2, 0.25) is 0 Å². The average Bonchev–Trinajstić information content (AvgIpc) is 2.02. The first-order chi connectivity index (χ1) is 6.04. The van der Waals surface area contributed by atoms with Crippen molar-refractivity contribution in [1.29, 1.82) is 0 Å². The van der Waals surface area contributed by atoms with Gasteiger partial charge in [-0.15, -0.1) is 0 Å². The molecule has 0 heterocycles. The molecule has 4 nitrogen and oxygen atoms in total. The summed E-state index contributed by atoms with van der Waals surface area (Å²) in [6, 6.07) is 5.07. The Morgan fingerprint density at radius 3 is 2.38 bits per heavy atom. The molecule has 0 saturated heterocycles. The number of benzene rings is 1. The Hall–Kier alpha value is -1.58. The van der Waals surface area contributed by atoms with Crippen LogP contribution in [0.1, 0.15) is 5.56 Å². The summed E-state index contributed by atoms with van der Waals surface area (Å²) in [7, 11) is 3.60. The summed E-state index contributed by atoms with van der Waals surface area (Å²) >= 11 is 0. The molecular weight excluding hydrogens is 168 g/mol. The van der Waals surface area contributed by atoms with Crippen LogP contribution in [0, 0.1) is 17.0 Å². The second-order valence-electron chi connectivity index (χ2n) is 3.09. The van der Waals surface area contributed by atoms with Crippen LogP contribution < -0.4 is 4.90 Å². The van der Waals surface area contributed by atoms with Crippen molar-refractivity contribution in [2.24, 2.45) is 0 Å². The highest BCUT2D eigenvalue weighted by molar-refractivity contribution is 5.66. The molecule has 0 spiro atoms. The summed E-state index contributed by atoms with van der Waals surface area (Å²) in [6.45, 7) is 1.86. The molecule has 70 valence electrons.